The van der Waals surface area contributed by atoms with Gasteiger partial charge in [0.25, 0.3) is 0 Å². The van der Waals surface area contributed by atoms with Gasteiger partial charge in [-0.25, -0.2) is 0 Å². The zero-order valence-electron chi connectivity index (χ0n) is 12.9. The summed E-state index contributed by atoms with van der Waals surface area (Å²) in [5, 5.41) is 41.5. The molecule has 1 aromatic rings. The van der Waals surface area contributed by atoms with E-state index in [1.165, 1.54) is 13.8 Å². The van der Waals surface area contributed by atoms with E-state index < -0.39 is 35.3 Å². The lowest BCUT2D eigenvalue weighted by Gasteiger charge is -2.50. The molecule has 6 nitrogen and oxygen atoms in total. The molecule has 5 atom stereocenters. The Kier molecular flexibility index (Phi) is 3.41. The van der Waals surface area contributed by atoms with Crippen LogP contribution in [0.3, 0.4) is 0 Å². The van der Waals surface area contributed by atoms with E-state index >= 15 is 0 Å². The third-order valence-corrected chi connectivity index (χ3v) is 4.84. The third-order valence-electron chi connectivity index (χ3n) is 4.84. The van der Waals surface area contributed by atoms with Crippen molar-refractivity contribution in [3.05, 3.63) is 35.4 Å². The lowest BCUT2D eigenvalue weighted by molar-refractivity contribution is -0.348. The average molecular weight is 310 g/mol. The molecule has 2 aliphatic heterocycles. The van der Waals surface area contributed by atoms with Gasteiger partial charge in [-0.1, -0.05) is 29.8 Å². The van der Waals surface area contributed by atoms with Crippen molar-refractivity contribution in [1.29, 1.82) is 0 Å². The highest BCUT2D eigenvalue weighted by molar-refractivity contribution is 5.30. The maximum Gasteiger partial charge on any atom is 0.225 e. The van der Waals surface area contributed by atoms with Gasteiger partial charge in [0.05, 0.1) is 12.2 Å². The van der Waals surface area contributed by atoms with Crippen LogP contribution in [0.25, 0.3) is 0 Å². The Morgan fingerprint density at radius 3 is 2.23 bits per heavy atom. The fourth-order valence-electron chi connectivity index (χ4n) is 3.27. The fourth-order valence-corrected chi connectivity index (χ4v) is 3.27. The summed E-state index contributed by atoms with van der Waals surface area (Å²) in [4.78, 5) is 0. The number of aliphatic hydroxyl groups excluding tert-OH is 3. The molecule has 6 heteroatoms. The Bertz CT molecular complexity index is 565. The second-order valence-electron chi connectivity index (χ2n) is 6.75. The molecule has 0 amide bonds. The smallest absolute Gasteiger partial charge is 0.225 e. The Balaban J connectivity index is 2.11. The van der Waals surface area contributed by atoms with Gasteiger partial charge in [-0.05, 0) is 20.8 Å². The number of ether oxygens (including phenoxy) is 2. The summed E-state index contributed by atoms with van der Waals surface area (Å²) < 4.78 is 11.6. The summed E-state index contributed by atoms with van der Waals surface area (Å²) >= 11 is 0. The molecule has 0 aliphatic carbocycles. The minimum atomic E-state index is -1.60. The molecule has 2 fully saturated rings. The van der Waals surface area contributed by atoms with Crippen molar-refractivity contribution in [2.24, 2.45) is 0 Å². The highest BCUT2D eigenvalue weighted by Gasteiger charge is 2.71. The number of hydrogen-bond donors (Lipinski definition) is 4. The predicted molar refractivity (Wildman–Crippen MR) is 76.9 cm³/mol. The number of hydrogen-bond acceptors (Lipinski definition) is 6. The van der Waals surface area contributed by atoms with Crippen LogP contribution in [0.15, 0.2) is 24.3 Å². The van der Waals surface area contributed by atoms with Crippen molar-refractivity contribution in [2.45, 2.75) is 56.1 Å². The van der Waals surface area contributed by atoms with Crippen molar-refractivity contribution < 1.29 is 29.9 Å². The van der Waals surface area contributed by atoms with E-state index in [-0.39, 0.29) is 6.61 Å². The lowest BCUT2D eigenvalue weighted by atomic mass is 9.75. The van der Waals surface area contributed by atoms with E-state index in [2.05, 4.69) is 0 Å². The highest BCUT2D eigenvalue weighted by Crippen LogP contribution is 2.53. The summed E-state index contributed by atoms with van der Waals surface area (Å²) in [7, 11) is 0. The Morgan fingerprint density at radius 2 is 1.68 bits per heavy atom. The summed E-state index contributed by atoms with van der Waals surface area (Å²) in [5.41, 5.74) is -1.43. The number of aliphatic hydroxyl groups is 4. The lowest BCUT2D eigenvalue weighted by Crippen LogP contribution is -2.70. The van der Waals surface area contributed by atoms with Crippen molar-refractivity contribution in [3.63, 3.8) is 0 Å². The van der Waals surface area contributed by atoms with E-state index in [9.17, 15) is 20.4 Å². The first-order chi connectivity index (χ1) is 10.1. The first-order valence-corrected chi connectivity index (χ1v) is 7.32. The number of rotatable bonds is 2. The van der Waals surface area contributed by atoms with Gasteiger partial charge in [0.2, 0.25) is 5.79 Å². The number of benzene rings is 1. The molecule has 2 heterocycles. The summed E-state index contributed by atoms with van der Waals surface area (Å²) in [6, 6.07) is 7.16. The molecule has 2 bridgehead atoms. The van der Waals surface area contributed by atoms with Crippen LogP contribution in [-0.4, -0.2) is 56.5 Å². The fraction of sp³-hybridized carbons (Fsp3) is 0.625. The molecular formula is C16H22O6. The van der Waals surface area contributed by atoms with Crippen LogP contribution in [0.4, 0.5) is 0 Å². The van der Waals surface area contributed by atoms with Gasteiger partial charge in [-0.3, -0.25) is 0 Å². The molecule has 0 spiro atoms. The van der Waals surface area contributed by atoms with Crippen LogP contribution >= 0.6 is 0 Å². The molecule has 0 aromatic heterocycles. The average Bonchev–Trinajstić information content (AvgIpc) is 2.85. The Labute approximate surface area is 128 Å². The molecule has 2 saturated heterocycles. The van der Waals surface area contributed by atoms with Gasteiger partial charge in [-0.2, -0.15) is 0 Å². The van der Waals surface area contributed by atoms with Crippen molar-refractivity contribution >= 4 is 0 Å². The molecule has 122 valence electrons. The van der Waals surface area contributed by atoms with Gasteiger partial charge < -0.3 is 29.9 Å². The van der Waals surface area contributed by atoms with Crippen LogP contribution in [0.5, 0.6) is 0 Å². The third kappa shape index (κ3) is 1.89. The van der Waals surface area contributed by atoms with Gasteiger partial charge >= 0.3 is 0 Å². The first-order valence-electron chi connectivity index (χ1n) is 7.32. The van der Waals surface area contributed by atoms with Gasteiger partial charge in [0, 0.05) is 5.56 Å². The van der Waals surface area contributed by atoms with Crippen LogP contribution in [-0.2, 0) is 15.3 Å². The summed E-state index contributed by atoms with van der Waals surface area (Å²) in [5.74, 6) is -1.60. The maximum atomic E-state index is 10.4. The van der Waals surface area contributed by atoms with Crippen molar-refractivity contribution in [3.8, 4) is 0 Å². The van der Waals surface area contributed by atoms with Crippen molar-refractivity contribution in [1.82, 2.24) is 0 Å². The minimum absolute atomic E-state index is 0.139. The SMILES string of the molecule is Cc1ccc([C@]23OC[C@](C(C)(C)O)(O2)[C@@H](O)[C@H](O)[C@H]3O)cc1. The molecule has 0 unspecified atom stereocenters. The molecule has 3 rings (SSSR count). The van der Waals surface area contributed by atoms with Gasteiger partial charge in [0.1, 0.15) is 18.3 Å². The van der Waals surface area contributed by atoms with E-state index in [0.29, 0.717) is 5.56 Å². The topological polar surface area (TPSA) is 99.4 Å². The highest BCUT2D eigenvalue weighted by atomic mass is 16.8. The van der Waals surface area contributed by atoms with E-state index in [0.717, 1.165) is 5.56 Å². The number of aryl methyl sites for hydroxylation is 1. The van der Waals surface area contributed by atoms with E-state index in [1.807, 2.05) is 19.1 Å². The normalized spacial score (nSPS) is 41.7. The van der Waals surface area contributed by atoms with Crippen molar-refractivity contribution in [2.75, 3.05) is 6.61 Å². The van der Waals surface area contributed by atoms with Crippen LogP contribution in [0.2, 0.25) is 0 Å². The van der Waals surface area contributed by atoms with Crippen LogP contribution in [0.1, 0.15) is 25.0 Å². The molecule has 2 aliphatic rings. The molecule has 1 aromatic carbocycles. The van der Waals surface area contributed by atoms with Crippen LogP contribution in [0, 0.1) is 6.92 Å². The second-order valence-corrected chi connectivity index (χ2v) is 6.75. The standard InChI is InChI=1S/C16H22O6/c1-9-4-6-10(7-5-9)16-13(19)11(17)12(18)15(22-16,8-21-16)14(2,3)20/h4-7,11-13,17-20H,8H2,1-3H3/t11-,12-,13+,15-,16-/m0/s1. The minimum Gasteiger partial charge on any atom is -0.387 e. The van der Waals surface area contributed by atoms with E-state index in [1.54, 1.807) is 12.1 Å². The zero-order valence-corrected chi connectivity index (χ0v) is 12.9. The molecule has 4 N–H and O–H groups in total. The largest absolute Gasteiger partial charge is 0.387 e. The Morgan fingerprint density at radius 1 is 1.09 bits per heavy atom. The van der Waals surface area contributed by atoms with E-state index in [4.69, 9.17) is 9.47 Å². The molecule has 0 radical (unpaired) electrons. The molecular weight excluding hydrogens is 288 g/mol. The zero-order chi connectivity index (χ0) is 16.3. The first kappa shape index (κ1) is 15.9. The summed E-state index contributed by atoms with van der Waals surface area (Å²) in [6.07, 6.45) is -4.43. The Hall–Kier alpha value is -1.02. The van der Waals surface area contributed by atoms with Gasteiger partial charge in [-0.15, -0.1) is 0 Å². The second kappa shape index (κ2) is 4.74. The predicted octanol–water partition coefficient (Wildman–Crippen LogP) is -0.199. The maximum absolute atomic E-state index is 10.4. The number of fused-ring (bicyclic) bond motifs is 2. The molecule has 0 saturated carbocycles. The summed E-state index contributed by atoms with van der Waals surface area (Å²) in [6.45, 7) is 4.75. The monoisotopic (exact) mass is 310 g/mol. The molecule has 22 heavy (non-hydrogen) atoms. The van der Waals surface area contributed by atoms with Gasteiger partial charge in [0.15, 0.2) is 5.60 Å². The van der Waals surface area contributed by atoms with Crippen LogP contribution < -0.4 is 0 Å². The quantitative estimate of drug-likeness (QED) is 0.604.